The van der Waals surface area contributed by atoms with Crippen LogP contribution in [-0.2, 0) is 9.59 Å². The minimum absolute atomic E-state index is 0.182. The molecule has 1 N–H and O–H groups in total. The van der Waals surface area contributed by atoms with Gasteiger partial charge in [-0.3, -0.25) is 24.6 Å². The number of nitrogens with zero attached hydrogens (tertiary/aromatic N) is 1. The van der Waals surface area contributed by atoms with Crippen LogP contribution in [0.1, 0.15) is 29.6 Å². The molecule has 2 aromatic carbocycles. The van der Waals surface area contributed by atoms with E-state index in [-0.39, 0.29) is 11.8 Å². The van der Waals surface area contributed by atoms with E-state index in [1.165, 1.54) is 4.90 Å². The van der Waals surface area contributed by atoms with E-state index in [0.717, 1.165) is 20.9 Å². The van der Waals surface area contributed by atoms with Crippen LogP contribution in [0.4, 0.5) is 5.69 Å². The molecule has 0 bridgehead atoms. The van der Waals surface area contributed by atoms with Crippen molar-refractivity contribution < 1.29 is 14.4 Å². The van der Waals surface area contributed by atoms with Gasteiger partial charge in [0.1, 0.15) is 6.04 Å². The van der Waals surface area contributed by atoms with Crippen molar-refractivity contribution in [1.82, 2.24) is 5.32 Å². The first-order valence-corrected chi connectivity index (χ1v) is 8.25. The number of rotatable bonds is 1. The number of imide groups is 1. The summed E-state index contributed by atoms with van der Waals surface area (Å²) in [5, 5.41) is 4.18. The monoisotopic (exact) mass is 372 g/mol. The molecule has 1 fully saturated rings. The second-order valence-corrected chi connectivity index (χ2v) is 6.64. The Morgan fingerprint density at radius 2 is 1.96 bits per heavy atom. The molecule has 6 heteroatoms. The first-order chi connectivity index (χ1) is 11.1. The van der Waals surface area contributed by atoms with Crippen molar-refractivity contribution >= 4 is 50.1 Å². The molecule has 0 aromatic heterocycles. The average Bonchev–Trinajstić information content (AvgIpc) is 2.69. The molecule has 3 amide bonds. The number of nitrogens with one attached hydrogen (secondary N) is 1. The highest BCUT2D eigenvalue weighted by molar-refractivity contribution is 9.10. The third kappa shape index (κ3) is 2.09. The topological polar surface area (TPSA) is 66.5 Å². The third-order valence-corrected chi connectivity index (χ3v) is 5.12. The fraction of sp³-hybridized carbons (Fsp3) is 0.235. The summed E-state index contributed by atoms with van der Waals surface area (Å²) >= 11 is 3.51. The van der Waals surface area contributed by atoms with Crippen molar-refractivity contribution in [2.75, 3.05) is 4.90 Å². The molecule has 5 nitrogen and oxygen atoms in total. The Morgan fingerprint density at radius 1 is 1.13 bits per heavy atom. The molecule has 0 spiro atoms. The van der Waals surface area contributed by atoms with Gasteiger partial charge >= 0.3 is 0 Å². The molecule has 2 aliphatic rings. The van der Waals surface area contributed by atoms with Crippen LogP contribution in [0.3, 0.4) is 0 Å². The van der Waals surface area contributed by atoms with Gasteiger partial charge in [-0.1, -0.05) is 28.1 Å². The Balaban J connectivity index is 1.87. The molecule has 116 valence electrons. The summed E-state index contributed by atoms with van der Waals surface area (Å²) < 4.78 is 0.910. The van der Waals surface area contributed by atoms with Crippen molar-refractivity contribution in [3.05, 3.63) is 40.4 Å². The van der Waals surface area contributed by atoms with Crippen molar-refractivity contribution in [2.24, 2.45) is 0 Å². The minimum Gasteiger partial charge on any atom is -0.295 e. The number of anilines is 1. The van der Waals surface area contributed by atoms with E-state index < -0.39 is 11.9 Å². The van der Waals surface area contributed by atoms with Gasteiger partial charge in [0, 0.05) is 21.8 Å². The summed E-state index contributed by atoms with van der Waals surface area (Å²) in [4.78, 5) is 38.3. The Morgan fingerprint density at radius 3 is 2.78 bits per heavy atom. The zero-order valence-electron chi connectivity index (χ0n) is 12.1. The van der Waals surface area contributed by atoms with Crippen molar-refractivity contribution in [3.63, 3.8) is 0 Å². The number of carbonyl (C=O) groups excluding carboxylic acids is 3. The van der Waals surface area contributed by atoms with Crippen LogP contribution >= 0.6 is 15.9 Å². The molecule has 2 aromatic rings. The van der Waals surface area contributed by atoms with Crippen LogP contribution in [0, 0.1) is 0 Å². The van der Waals surface area contributed by atoms with E-state index >= 15 is 0 Å². The van der Waals surface area contributed by atoms with Crippen molar-refractivity contribution in [1.29, 1.82) is 0 Å². The van der Waals surface area contributed by atoms with Gasteiger partial charge in [-0.15, -0.1) is 0 Å². The van der Waals surface area contributed by atoms with Crippen LogP contribution in [0.2, 0.25) is 0 Å². The normalized spacial score (nSPS) is 20.8. The predicted octanol–water partition coefficient (Wildman–Crippen LogP) is 2.76. The molecular weight excluding hydrogens is 360 g/mol. The SMILES string of the molecule is O=C1CCCC(N2C(=O)c3ccc(Br)c4cccc2c34)C(=O)N1. The molecule has 1 saturated heterocycles. The Kier molecular flexibility index (Phi) is 3.23. The molecular formula is C17H13BrN2O3. The lowest BCUT2D eigenvalue weighted by Gasteiger charge is -2.26. The number of hydrogen-bond acceptors (Lipinski definition) is 3. The van der Waals surface area contributed by atoms with E-state index in [0.29, 0.717) is 24.8 Å². The van der Waals surface area contributed by atoms with Crippen molar-refractivity contribution in [2.45, 2.75) is 25.3 Å². The third-order valence-electron chi connectivity index (χ3n) is 4.43. The average molecular weight is 373 g/mol. The Hall–Kier alpha value is -2.21. The lowest BCUT2D eigenvalue weighted by Crippen LogP contribution is -2.48. The largest absolute Gasteiger partial charge is 0.295 e. The highest BCUT2D eigenvalue weighted by Crippen LogP contribution is 2.41. The second kappa shape index (κ2) is 5.16. The summed E-state index contributed by atoms with van der Waals surface area (Å²) in [6.45, 7) is 0. The quantitative estimate of drug-likeness (QED) is 0.782. The van der Waals surface area contributed by atoms with Crippen LogP contribution < -0.4 is 10.2 Å². The van der Waals surface area contributed by atoms with Crippen LogP contribution in [0.5, 0.6) is 0 Å². The van der Waals surface area contributed by atoms with Crippen LogP contribution in [0.25, 0.3) is 10.8 Å². The fourth-order valence-electron chi connectivity index (χ4n) is 3.40. The predicted molar refractivity (Wildman–Crippen MR) is 89.2 cm³/mol. The summed E-state index contributed by atoms with van der Waals surface area (Å²) in [5.41, 5.74) is 1.33. The Labute approximate surface area is 140 Å². The van der Waals surface area contributed by atoms with E-state index in [1.54, 1.807) is 6.07 Å². The number of amides is 3. The summed E-state index contributed by atoms with van der Waals surface area (Å²) in [7, 11) is 0. The lowest BCUT2D eigenvalue weighted by atomic mass is 10.1. The maximum absolute atomic E-state index is 12.9. The molecule has 2 aliphatic heterocycles. The number of carbonyl (C=O) groups is 3. The lowest BCUT2D eigenvalue weighted by molar-refractivity contribution is -0.130. The molecule has 0 aliphatic carbocycles. The summed E-state index contributed by atoms with van der Waals surface area (Å²) in [6, 6.07) is 8.64. The number of benzene rings is 2. The highest BCUT2D eigenvalue weighted by atomic mass is 79.9. The second-order valence-electron chi connectivity index (χ2n) is 5.79. The molecule has 0 radical (unpaired) electrons. The molecule has 4 rings (SSSR count). The summed E-state index contributed by atoms with van der Waals surface area (Å²) in [6.07, 6.45) is 1.38. The smallest absolute Gasteiger partial charge is 0.259 e. The zero-order valence-corrected chi connectivity index (χ0v) is 13.7. The molecule has 0 saturated carbocycles. The molecule has 1 atom stereocenters. The first-order valence-electron chi connectivity index (χ1n) is 7.46. The van der Waals surface area contributed by atoms with Gasteiger partial charge in [0.05, 0.1) is 5.69 Å². The van der Waals surface area contributed by atoms with Gasteiger partial charge in [0.25, 0.3) is 5.91 Å². The van der Waals surface area contributed by atoms with Gasteiger partial charge in [-0.25, -0.2) is 0 Å². The van der Waals surface area contributed by atoms with E-state index in [2.05, 4.69) is 21.2 Å². The summed E-state index contributed by atoms with van der Waals surface area (Å²) in [5.74, 6) is -0.856. The maximum atomic E-state index is 12.9. The fourth-order valence-corrected chi connectivity index (χ4v) is 3.86. The highest BCUT2D eigenvalue weighted by Gasteiger charge is 2.39. The van der Waals surface area contributed by atoms with Gasteiger partial charge in [0.15, 0.2) is 0 Å². The molecule has 1 unspecified atom stereocenters. The first kappa shape index (κ1) is 14.4. The van der Waals surface area contributed by atoms with E-state index in [9.17, 15) is 14.4 Å². The minimum atomic E-state index is -0.647. The molecule has 23 heavy (non-hydrogen) atoms. The van der Waals surface area contributed by atoms with E-state index in [1.807, 2.05) is 24.3 Å². The molecule has 2 heterocycles. The maximum Gasteiger partial charge on any atom is 0.259 e. The van der Waals surface area contributed by atoms with Gasteiger partial charge in [0.2, 0.25) is 11.8 Å². The zero-order chi connectivity index (χ0) is 16.1. The Bertz CT molecular complexity index is 878. The van der Waals surface area contributed by atoms with Crippen molar-refractivity contribution in [3.8, 4) is 0 Å². The standard InChI is InChI=1S/C17H13BrN2O3/c18-11-8-7-10-15-9(11)3-1-4-12(15)20(17(10)23)13-5-2-6-14(21)19-16(13)22/h1,3-4,7-8,13H,2,5-6H2,(H,19,21,22). The van der Waals surface area contributed by atoms with E-state index in [4.69, 9.17) is 0 Å². The number of halogens is 1. The van der Waals surface area contributed by atoms with Gasteiger partial charge in [-0.05, 0) is 36.4 Å². The van der Waals surface area contributed by atoms with Crippen LogP contribution in [-0.4, -0.2) is 23.8 Å². The van der Waals surface area contributed by atoms with Crippen LogP contribution in [0.15, 0.2) is 34.8 Å². The van der Waals surface area contributed by atoms with Gasteiger partial charge < -0.3 is 0 Å². The van der Waals surface area contributed by atoms with Gasteiger partial charge in [-0.2, -0.15) is 0 Å². The number of hydrogen-bond donors (Lipinski definition) is 1.